The molecule has 1 atom stereocenters. The van der Waals surface area contributed by atoms with E-state index in [1.165, 1.54) is 0 Å². The number of nitrogens with zero attached hydrogens (tertiary/aromatic N) is 1. The summed E-state index contributed by atoms with van der Waals surface area (Å²) in [5.41, 5.74) is 1.09. The first-order chi connectivity index (χ1) is 13.1. The third-order valence-corrected chi connectivity index (χ3v) is 4.79. The Morgan fingerprint density at radius 3 is 2.52 bits per heavy atom. The molecule has 5 nitrogen and oxygen atoms in total. The van der Waals surface area contributed by atoms with Gasteiger partial charge in [0.05, 0.1) is 0 Å². The lowest BCUT2D eigenvalue weighted by Crippen LogP contribution is -2.24. The minimum atomic E-state index is -0.307. The largest absolute Gasteiger partial charge is 0.457 e. The summed E-state index contributed by atoms with van der Waals surface area (Å²) in [6.07, 6.45) is 2.38. The Kier molecular flexibility index (Phi) is 6.76. The molecule has 3 rings (SSSR count). The number of carbonyl (C=O) groups excluding carboxylic acids is 2. The predicted molar refractivity (Wildman–Crippen MR) is 108 cm³/mol. The van der Waals surface area contributed by atoms with E-state index in [2.05, 4.69) is 17.9 Å². The number of thiol groups is 1. The summed E-state index contributed by atoms with van der Waals surface area (Å²) >= 11 is 3.68. The summed E-state index contributed by atoms with van der Waals surface area (Å²) in [5, 5.41) is 2.36. The van der Waals surface area contributed by atoms with Gasteiger partial charge >= 0.3 is 0 Å². The summed E-state index contributed by atoms with van der Waals surface area (Å²) < 4.78 is 5.80. The molecule has 1 fully saturated rings. The molecule has 1 aliphatic heterocycles. The van der Waals surface area contributed by atoms with Crippen LogP contribution in [0.2, 0.25) is 0 Å². The topological polar surface area (TPSA) is 58.6 Å². The molecule has 1 unspecified atom stereocenters. The van der Waals surface area contributed by atoms with Crippen LogP contribution < -0.4 is 10.1 Å². The maximum Gasteiger partial charge on any atom is 0.275 e. The third-order valence-electron chi connectivity index (χ3n) is 4.64. The Bertz CT molecular complexity index is 765. The van der Waals surface area contributed by atoms with E-state index >= 15 is 0 Å². The number of rotatable bonds is 8. The average Bonchev–Trinajstić information content (AvgIpc) is 3.00. The lowest BCUT2D eigenvalue weighted by molar-refractivity contribution is -0.128. The minimum Gasteiger partial charge on any atom is -0.457 e. The number of carbonyl (C=O) groups is 2. The SMILES string of the molecule is O=C(S)NCCCC1CC(=O)N(Cc2ccc(Oc3ccccc3)cc2)C1. The molecule has 2 amide bonds. The van der Waals surface area contributed by atoms with Gasteiger partial charge in [0.25, 0.3) is 5.24 Å². The van der Waals surface area contributed by atoms with Crippen LogP contribution in [0.3, 0.4) is 0 Å². The summed E-state index contributed by atoms with van der Waals surface area (Å²) in [6.45, 7) is 2.00. The first-order valence-electron chi connectivity index (χ1n) is 9.16. The van der Waals surface area contributed by atoms with Crippen LogP contribution >= 0.6 is 12.6 Å². The van der Waals surface area contributed by atoms with Crippen molar-refractivity contribution in [3.05, 3.63) is 60.2 Å². The second kappa shape index (κ2) is 9.46. The molecule has 0 aromatic heterocycles. The van der Waals surface area contributed by atoms with Crippen LogP contribution in [0.25, 0.3) is 0 Å². The Hall–Kier alpha value is -2.47. The smallest absolute Gasteiger partial charge is 0.275 e. The maximum absolute atomic E-state index is 12.3. The van der Waals surface area contributed by atoms with Crippen LogP contribution in [-0.2, 0) is 11.3 Å². The molecule has 2 aromatic rings. The van der Waals surface area contributed by atoms with Crippen molar-refractivity contribution >= 4 is 23.8 Å². The van der Waals surface area contributed by atoms with Crippen molar-refractivity contribution in [3.63, 3.8) is 0 Å². The fraction of sp³-hybridized carbons (Fsp3) is 0.333. The zero-order valence-corrected chi connectivity index (χ0v) is 16.0. The molecule has 0 spiro atoms. The molecule has 6 heteroatoms. The van der Waals surface area contributed by atoms with Gasteiger partial charge in [-0.15, -0.1) is 0 Å². The quantitative estimate of drug-likeness (QED) is 0.528. The van der Waals surface area contributed by atoms with E-state index in [4.69, 9.17) is 4.74 Å². The number of hydrogen-bond acceptors (Lipinski definition) is 3. The van der Waals surface area contributed by atoms with Crippen LogP contribution in [0.15, 0.2) is 54.6 Å². The van der Waals surface area contributed by atoms with E-state index in [0.29, 0.717) is 25.4 Å². The van der Waals surface area contributed by atoms with Crippen LogP contribution in [-0.4, -0.2) is 29.1 Å². The Morgan fingerprint density at radius 2 is 1.81 bits per heavy atom. The number of hydrogen-bond donors (Lipinski definition) is 2. The molecule has 1 saturated heterocycles. The highest BCUT2D eigenvalue weighted by Gasteiger charge is 2.28. The van der Waals surface area contributed by atoms with Gasteiger partial charge in [0.2, 0.25) is 5.91 Å². The van der Waals surface area contributed by atoms with Gasteiger partial charge in [-0.05, 0) is 48.6 Å². The number of para-hydroxylation sites is 1. The lowest BCUT2D eigenvalue weighted by atomic mass is 10.0. The molecule has 0 radical (unpaired) electrons. The first kappa shape index (κ1) is 19.3. The fourth-order valence-corrected chi connectivity index (χ4v) is 3.41. The molecule has 2 aromatic carbocycles. The van der Waals surface area contributed by atoms with Crippen LogP contribution in [0, 0.1) is 5.92 Å². The number of nitrogens with one attached hydrogen (secondary N) is 1. The maximum atomic E-state index is 12.3. The first-order valence-corrected chi connectivity index (χ1v) is 9.61. The van der Waals surface area contributed by atoms with Crippen molar-refractivity contribution in [2.45, 2.75) is 25.8 Å². The van der Waals surface area contributed by atoms with E-state index in [9.17, 15) is 9.59 Å². The molecule has 0 saturated carbocycles. The summed E-state index contributed by atoms with van der Waals surface area (Å²) in [6, 6.07) is 17.5. The van der Waals surface area contributed by atoms with Crippen LogP contribution in [0.5, 0.6) is 11.5 Å². The zero-order valence-electron chi connectivity index (χ0n) is 15.1. The molecular formula is C21H24N2O3S. The van der Waals surface area contributed by atoms with Crippen LogP contribution in [0.1, 0.15) is 24.8 Å². The highest BCUT2D eigenvalue weighted by molar-refractivity contribution is 7.96. The van der Waals surface area contributed by atoms with Gasteiger partial charge < -0.3 is 15.0 Å². The Morgan fingerprint density at radius 1 is 1.11 bits per heavy atom. The van der Waals surface area contributed by atoms with Crippen molar-refractivity contribution in [2.75, 3.05) is 13.1 Å². The van der Waals surface area contributed by atoms with Gasteiger partial charge in [0.1, 0.15) is 11.5 Å². The number of amides is 2. The van der Waals surface area contributed by atoms with Gasteiger partial charge in [0, 0.05) is 26.1 Å². The highest BCUT2D eigenvalue weighted by Crippen LogP contribution is 2.25. The number of ether oxygens (including phenoxy) is 1. The number of likely N-dealkylation sites (tertiary alicyclic amines) is 1. The van der Waals surface area contributed by atoms with Crippen molar-refractivity contribution in [1.29, 1.82) is 0 Å². The molecule has 0 bridgehead atoms. The molecular weight excluding hydrogens is 360 g/mol. The zero-order chi connectivity index (χ0) is 19.1. The molecule has 1 N–H and O–H groups in total. The standard InChI is InChI=1S/C21H24N2O3S/c24-20-13-17(5-4-12-22-21(25)27)15-23(20)14-16-8-10-19(11-9-16)26-18-6-2-1-3-7-18/h1-3,6-11,17H,4-5,12-15H2,(H2,22,25,27). The second-order valence-electron chi connectivity index (χ2n) is 6.78. The summed E-state index contributed by atoms with van der Waals surface area (Å²) in [7, 11) is 0. The summed E-state index contributed by atoms with van der Waals surface area (Å²) in [5.74, 6) is 2.14. The minimum absolute atomic E-state index is 0.197. The van der Waals surface area contributed by atoms with E-state index in [1.54, 1.807) is 0 Å². The van der Waals surface area contributed by atoms with Crippen molar-refractivity contribution in [2.24, 2.45) is 5.92 Å². The third kappa shape index (κ3) is 6.03. The van der Waals surface area contributed by atoms with Crippen molar-refractivity contribution in [3.8, 4) is 11.5 Å². The predicted octanol–water partition coefficient (Wildman–Crippen LogP) is 4.25. The van der Waals surface area contributed by atoms with E-state index in [0.717, 1.165) is 36.4 Å². The van der Waals surface area contributed by atoms with Gasteiger partial charge in [-0.2, -0.15) is 0 Å². The van der Waals surface area contributed by atoms with Gasteiger partial charge in [0.15, 0.2) is 0 Å². The van der Waals surface area contributed by atoms with Crippen molar-refractivity contribution < 1.29 is 14.3 Å². The van der Waals surface area contributed by atoms with Gasteiger partial charge in [-0.1, -0.05) is 43.0 Å². The molecule has 1 aliphatic rings. The average molecular weight is 385 g/mol. The second-order valence-corrected chi connectivity index (χ2v) is 7.18. The van der Waals surface area contributed by atoms with E-state index in [-0.39, 0.29) is 11.1 Å². The molecule has 27 heavy (non-hydrogen) atoms. The van der Waals surface area contributed by atoms with E-state index in [1.807, 2.05) is 59.5 Å². The number of benzene rings is 2. The molecule has 1 heterocycles. The van der Waals surface area contributed by atoms with Crippen LogP contribution in [0.4, 0.5) is 4.79 Å². The molecule has 0 aliphatic carbocycles. The lowest BCUT2D eigenvalue weighted by Gasteiger charge is -2.17. The summed E-state index contributed by atoms with van der Waals surface area (Å²) in [4.78, 5) is 24.9. The normalized spacial score (nSPS) is 16.4. The fourth-order valence-electron chi connectivity index (χ4n) is 3.29. The van der Waals surface area contributed by atoms with Crippen molar-refractivity contribution in [1.82, 2.24) is 10.2 Å². The molecule has 142 valence electrons. The highest BCUT2D eigenvalue weighted by atomic mass is 32.1. The van der Waals surface area contributed by atoms with Gasteiger partial charge in [-0.25, -0.2) is 0 Å². The Balaban J connectivity index is 1.47. The Labute approximate surface area is 165 Å². The monoisotopic (exact) mass is 384 g/mol. The van der Waals surface area contributed by atoms with E-state index < -0.39 is 0 Å². The van der Waals surface area contributed by atoms with Gasteiger partial charge in [-0.3, -0.25) is 9.59 Å².